The summed E-state index contributed by atoms with van der Waals surface area (Å²) >= 11 is 3.48. The summed E-state index contributed by atoms with van der Waals surface area (Å²) in [5, 5.41) is 7.78. The minimum absolute atomic E-state index is 0.149. The smallest absolute Gasteiger partial charge is 0.230 e. The van der Waals surface area contributed by atoms with Gasteiger partial charge in [-0.05, 0) is 24.1 Å². The van der Waals surface area contributed by atoms with Gasteiger partial charge in [-0.2, -0.15) is 0 Å². The molecule has 1 aromatic heterocycles. The van der Waals surface area contributed by atoms with Crippen molar-refractivity contribution in [2.45, 2.75) is 26.4 Å². The molecule has 0 saturated carbocycles. The molecule has 19 heavy (non-hydrogen) atoms. The molecule has 0 amide bonds. The van der Waals surface area contributed by atoms with Gasteiger partial charge in [0.05, 0.1) is 6.54 Å². The average molecular weight is 326 g/mol. The summed E-state index contributed by atoms with van der Waals surface area (Å²) in [5.74, 6) is 0.988. The van der Waals surface area contributed by atoms with Crippen LogP contribution in [0.15, 0.2) is 21.0 Å². The largest absolute Gasteiger partial charge is 0.424 e. The molecule has 0 radical (unpaired) electrons. The lowest BCUT2D eigenvalue weighted by Crippen LogP contribution is -2.31. The molecule has 0 bridgehead atoms. The van der Waals surface area contributed by atoms with Gasteiger partial charge < -0.3 is 4.42 Å². The Labute approximate surface area is 118 Å². The molecule has 1 aromatic carbocycles. The molecule has 1 aliphatic heterocycles. The van der Waals surface area contributed by atoms with Gasteiger partial charge in [-0.15, -0.1) is 10.2 Å². The Bertz CT molecular complexity index is 614. The van der Waals surface area contributed by atoms with E-state index in [1.807, 2.05) is 0 Å². The molecule has 4 nitrogen and oxygen atoms in total. The lowest BCUT2D eigenvalue weighted by molar-refractivity contribution is 0.216. The van der Waals surface area contributed by atoms with Crippen molar-refractivity contribution < 1.29 is 8.81 Å². The first kappa shape index (κ1) is 12.7. The molecular formula is C13H13BrFN3O. The maximum Gasteiger partial charge on any atom is 0.230 e. The maximum absolute atomic E-state index is 13.9. The van der Waals surface area contributed by atoms with Crippen molar-refractivity contribution in [3.05, 3.63) is 45.3 Å². The van der Waals surface area contributed by atoms with E-state index < -0.39 is 0 Å². The number of aromatic nitrogens is 2. The molecule has 0 atom stereocenters. The van der Waals surface area contributed by atoms with Gasteiger partial charge in [-0.25, -0.2) is 4.39 Å². The zero-order chi connectivity index (χ0) is 13.4. The SMILES string of the molecule is Cc1nnc(CN2CCc3c(Br)ccc(F)c3C2)o1. The van der Waals surface area contributed by atoms with Crippen molar-refractivity contribution in [3.8, 4) is 0 Å². The quantitative estimate of drug-likeness (QED) is 0.851. The summed E-state index contributed by atoms with van der Waals surface area (Å²) in [6.45, 7) is 3.75. The topological polar surface area (TPSA) is 42.2 Å². The average Bonchev–Trinajstić information content (AvgIpc) is 2.80. The minimum Gasteiger partial charge on any atom is -0.424 e. The molecule has 0 spiro atoms. The minimum atomic E-state index is -0.149. The highest BCUT2D eigenvalue weighted by atomic mass is 79.9. The fraction of sp³-hybridized carbons (Fsp3) is 0.385. The first-order chi connectivity index (χ1) is 9.13. The van der Waals surface area contributed by atoms with Crippen molar-refractivity contribution in [2.75, 3.05) is 6.54 Å². The van der Waals surface area contributed by atoms with Crippen LogP contribution >= 0.6 is 15.9 Å². The van der Waals surface area contributed by atoms with Crippen LogP contribution in [0.25, 0.3) is 0 Å². The molecule has 100 valence electrons. The first-order valence-electron chi connectivity index (χ1n) is 6.10. The third-order valence-corrected chi connectivity index (χ3v) is 4.05. The molecular weight excluding hydrogens is 313 g/mol. The fourth-order valence-electron chi connectivity index (χ4n) is 2.38. The zero-order valence-corrected chi connectivity index (χ0v) is 12.1. The molecule has 2 heterocycles. The van der Waals surface area contributed by atoms with Crippen LogP contribution in [0.4, 0.5) is 4.39 Å². The Morgan fingerprint density at radius 3 is 2.95 bits per heavy atom. The lowest BCUT2D eigenvalue weighted by atomic mass is 9.99. The van der Waals surface area contributed by atoms with Crippen LogP contribution in [0.1, 0.15) is 22.9 Å². The molecule has 0 saturated heterocycles. The highest BCUT2D eigenvalue weighted by Crippen LogP contribution is 2.29. The molecule has 6 heteroatoms. The summed E-state index contributed by atoms with van der Waals surface area (Å²) < 4.78 is 20.2. The molecule has 0 unspecified atom stereocenters. The Morgan fingerprint density at radius 1 is 1.37 bits per heavy atom. The second kappa shape index (κ2) is 5.02. The second-order valence-corrected chi connectivity index (χ2v) is 5.52. The van der Waals surface area contributed by atoms with Crippen LogP contribution in [0.5, 0.6) is 0 Å². The van der Waals surface area contributed by atoms with Crippen molar-refractivity contribution in [1.29, 1.82) is 0 Å². The van der Waals surface area contributed by atoms with Crippen LogP contribution in [-0.4, -0.2) is 21.6 Å². The summed E-state index contributed by atoms with van der Waals surface area (Å²) in [6.07, 6.45) is 0.820. The van der Waals surface area contributed by atoms with Gasteiger partial charge >= 0.3 is 0 Å². The number of hydrogen-bond donors (Lipinski definition) is 0. The lowest BCUT2D eigenvalue weighted by Gasteiger charge is -2.28. The van der Waals surface area contributed by atoms with E-state index in [4.69, 9.17) is 4.42 Å². The number of hydrogen-bond acceptors (Lipinski definition) is 4. The van der Waals surface area contributed by atoms with E-state index in [1.165, 1.54) is 6.07 Å². The molecule has 3 rings (SSSR count). The van der Waals surface area contributed by atoms with Gasteiger partial charge in [0, 0.05) is 30.0 Å². The van der Waals surface area contributed by atoms with E-state index >= 15 is 0 Å². The van der Waals surface area contributed by atoms with Gasteiger partial charge in [0.25, 0.3) is 0 Å². The Balaban J connectivity index is 1.80. The third-order valence-electron chi connectivity index (χ3n) is 3.30. The van der Waals surface area contributed by atoms with Crippen molar-refractivity contribution in [3.63, 3.8) is 0 Å². The number of fused-ring (bicyclic) bond motifs is 1. The van der Waals surface area contributed by atoms with E-state index in [9.17, 15) is 4.39 Å². The van der Waals surface area contributed by atoms with Crippen LogP contribution < -0.4 is 0 Å². The van der Waals surface area contributed by atoms with E-state index in [0.717, 1.165) is 28.6 Å². The van der Waals surface area contributed by atoms with Crippen LogP contribution in [0, 0.1) is 12.7 Å². The Hall–Kier alpha value is -1.27. The number of rotatable bonds is 2. The molecule has 0 aliphatic carbocycles. The fourth-order valence-corrected chi connectivity index (χ4v) is 2.95. The van der Waals surface area contributed by atoms with E-state index in [2.05, 4.69) is 31.0 Å². The highest BCUT2D eigenvalue weighted by molar-refractivity contribution is 9.10. The van der Waals surface area contributed by atoms with Gasteiger partial charge in [-0.3, -0.25) is 4.90 Å². The normalized spacial score (nSPS) is 15.5. The van der Waals surface area contributed by atoms with Crippen LogP contribution in [0.3, 0.4) is 0 Å². The number of benzene rings is 1. The van der Waals surface area contributed by atoms with Crippen LogP contribution in [-0.2, 0) is 19.5 Å². The summed E-state index contributed by atoms with van der Waals surface area (Å²) in [7, 11) is 0. The van der Waals surface area contributed by atoms with Crippen molar-refractivity contribution in [1.82, 2.24) is 15.1 Å². The van der Waals surface area contributed by atoms with Crippen molar-refractivity contribution >= 4 is 15.9 Å². The predicted molar refractivity (Wildman–Crippen MR) is 71.0 cm³/mol. The Morgan fingerprint density at radius 2 is 2.21 bits per heavy atom. The van der Waals surface area contributed by atoms with E-state index in [0.29, 0.717) is 24.9 Å². The van der Waals surface area contributed by atoms with E-state index in [1.54, 1.807) is 13.0 Å². The number of aryl methyl sites for hydroxylation is 1. The summed E-state index contributed by atoms with van der Waals surface area (Å²) in [6, 6.07) is 3.27. The summed E-state index contributed by atoms with van der Waals surface area (Å²) in [5.41, 5.74) is 1.83. The third kappa shape index (κ3) is 2.55. The van der Waals surface area contributed by atoms with Crippen molar-refractivity contribution in [2.24, 2.45) is 0 Å². The molecule has 0 N–H and O–H groups in total. The number of nitrogens with zero attached hydrogens (tertiary/aromatic N) is 3. The first-order valence-corrected chi connectivity index (χ1v) is 6.90. The zero-order valence-electron chi connectivity index (χ0n) is 10.5. The van der Waals surface area contributed by atoms with Gasteiger partial charge in [0.2, 0.25) is 11.8 Å². The van der Waals surface area contributed by atoms with Gasteiger partial charge in [0.15, 0.2) is 0 Å². The van der Waals surface area contributed by atoms with Gasteiger partial charge in [0.1, 0.15) is 5.82 Å². The highest BCUT2D eigenvalue weighted by Gasteiger charge is 2.22. The second-order valence-electron chi connectivity index (χ2n) is 4.66. The molecule has 2 aromatic rings. The van der Waals surface area contributed by atoms with Crippen LogP contribution in [0.2, 0.25) is 0 Å². The Kier molecular flexibility index (Phi) is 3.36. The summed E-state index contributed by atoms with van der Waals surface area (Å²) in [4.78, 5) is 2.12. The maximum atomic E-state index is 13.9. The van der Waals surface area contributed by atoms with Gasteiger partial charge in [-0.1, -0.05) is 15.9 Å². The molecule has 0 fully saturated rings. The monoisotopic (exact) mass is 325 g/mol. The standard InChI is InChI=1S/C13H13BrFN3O/c1-8-16-17-13(19-8)7-18-5-4-9-10(6-18)12(15)3-2-11(9)14/h2-3H,4-7H2,1H3. The molecule has 1 aliphatic rings. The number of halogens is 2. The van der Waals surface area contributed by atoms with E-state index in [-0.39, 0.29) is 5.82 Å². The predicted octanol–water partition coefficient (Wildman–Crippen LogP) is 2.84.